The van der Waals surface area contributed by atoms with Gasteiger partial charge in [0.05, 0.1) is 6.10 Å². The summed E-state index contributed by atoms with van der Waals surface area (Å²) in [5.41, 5.74) is -1.13. The van der Waals surface area contributed by atoms with Crippen LogP contribution in [0.5, 0.6) is 0 Å². The summed E-state index contributed by atoms with van der Waals surface area (Å²) >= 11 is 1.69. The highest BCUT2D eigenvalue weighted by molar-refractivity contribution is 7.10. The first-order chi connectivity index (χ1) is 9.67. The second-order valence-electron chi connectivity index (χ2n) is 5.81. The van der Waals surface area contributed by atoms with Gasteiger partial charge in [0, 0.05) is 17.5 Å². The van der Waals surface area contributed by atoms with Crippen molar-refractivity contribution in [3.63, 3.8) is 0 Å². The molecule has 1 saturated carbocycles. The van der Waals surface area contributed by atoms with Crippen molar-refractivity contribution in [1.29, 1.82) is 0 Å². The summed E-state index contributed by atoms with van der Waals surface area (Å²) in [4.78, 5) is 13.4. The third-order valence-electron chi connectivity index (χ3n) is 4.33. The highest BCUT2D eigenvalue weighted by Crippen LogP contribution is 2.33. The van der Waals surface area contributed by atoms with Crippen LogP contribution < -0.4 is 5.32 Å². The molecule has 2 N–H and O–H groups in total. The topological polar surface area (TPSA) is 58.6 Å². The van der Waals surface area contributed by atoms with E-state index in [2.05, 4.69) is 11.4 Å². The van der Waals surface area contributed by atoms with Gasteiger partial charge in [0.15, 0.2) is 0 Å². The molecule has 110 valence electrons. The van der Waals surface area contributed by atoms with Gasteiger partial charge in [-0.25, -0.2) is 0 Å². The summed E-state index contributed by atoms with van der Waals surface area (Å²) in [6.07, 6.45) is 4.76. The molecule has 3 rings (SSSR count). The molecule has 2 heterocycles. The van der Waals surface area contributed by atoms with Gasteiger partial charge in [0.25, 0.3) is 5.91 Å². The Kier molecular flexibility index (Phi) is 4.10. The van der Waals surface area contributed by atoms with Crippen molar-refractivity contribution in [2.24, 2.45) is 0 Å². The molecule has 0 aromatic carbocycles. The van der Waals surface area contributed by atoms with Crippen LogP contribution in [0.1, 0.15) is 49.5 Å². The average molecular weight is 295 g/mol. The molecule has 0 bridgehead atoms. The van der Waals surface area contributed by atoms with Gasteiger partial charge < -0.3 is 15.2 Å². The van der Waals surface area contributed by atoms with Crippen molar-refractivity contribution in [1.82, 2.24) is 5.32 Å². The Morgan fingerprint density at radius 1 is 1.45 bits per heavy atom. The van der Waals surface area contributed by atoms with E-state index in [9.17, 15) is 9.90 Å². The average Bonchev–Trinajstić information content (AvgIpc) is 3.11. The molecule has 1 amide bonds. The second kappa shape index (κ2) is 5.84. The quantitative estimate of drug-likeness (QED) is 0.900. The number of rotatable bonds is 3. The molecular weight excluding hydrogens is 274 g/mol. The van der Waals surface area contributed by atoms with Gasteiger partial charge in [-0.15, -0.1) is 11.3 Å². The van der Waals surface area contributed by atoms with Crippen LogP contribution in [0.4, 0.5) is 0 Å². The number of carbonyl (C=O) groups is 1. The third kappa shape index (κ3) is 2.90. The summed E-state index contributed by atoms with van der Waals surface area (Å²) in [5, 5.41) is 15.4. The number of hydrogen-bond acceptors (Lipinski definition) is 4. The van der Waals surface area contributed by atoms with Crippen molar-refractivity contribution in [2.75, 3.05) is 6.61 Å². The van der Waals surface area contributed by atoms with Crippen molar-refractivity contribution in [3.8, 4) is 0 Å². The lowest BCUT2D eigenvalue weighted by Gasteiger charge is -2.32. The van der Waals surface area contributed by atoms with E-state index in [1.165, 1.54) is 4.88 Å². The van der Waals surface area contributed by atoms with Crippen LogP contribution in [-0.2, 0) is 9.53 Å². The first-order valence-electron chi connectivity index (χ1n) is 7.36. The van der Waals surface area contributed by atoms with E-state index in [4.69, 9.17) is 4.74 Å². The van der Waals surface area contributed by atoms with Crippen LogP contribution in [0.3, 0.4) is 0 Å². The number of ether oxygens (including phenoxy) is 1. The van der Waals surface area contributed by atoms with Crippen LogP contribution in [0.25, 0.3) is 0 Å². The molecule has 2 fully saturated rings. The van der Waals surface area contributed by atoms with Crippen LogP contribution in [0.15, 0.2) is 17.5 Å². The molecule has 1 aliphatic carbocycles. The Bertz CT molecular complexity index is 454. The van der Waals surface area contributed by atoms with Gasteiger partial charge >= 0.3 is 0 Å². The molecule has 0 spiro atoms. The van der Waals surface area contributed by atoms with E-state index in [0.29, 0.717) is 19.4 Å². The van der Waals surface area contributed by atoms with E-state index < -0.39 is 5.60 Å². The first-order valence-corrected chi connectivity index (χ1v) is 8.24. The largest absolute Gasteiger partial charge is 0.380 e. The molecular formula is C15H21NO3S. The lowest BCUT2D eigenvalue weighted by molar-refractivity contribution is -0.141. The molecule has 2 aliphatic rings. The molecule has 1 aliphatic heterocycles. The second-order valence-corrected chi connectivity index (χ2v) is 6.79. The Morgan fingerprint density at radius 2 is 2.25 bits per heavy atom. The highest BCUT2D eigenvalue weighted by atomic mass is 32.1. The van der Waals surface area contributed by atoms with E-state index in [1.54, 1.807) is 11.3 Å². The smallest absolute Gasteiger partial charge is 0.252 e. The van der Waals surface area contributed by atoms with Gasteiger partial charge in [-0.1, -0.05) is 6.07 Å². The Hall–Kier alpha value is -0.910. The van der Waals surface area contributed by atoms with E-state index in [0.717, 1.165) is 25.7 Å². The number of hydrogen-bond donors (Lipinski definition) is 2. The van der Waals surface area contributed by atoms with Crippen molar-refractivity contribution in [2.45, 2.75) is 56.3 Å². The van der Waals surface area contributed by atoms with Crippen molar-refractivity contribution < 1.29 is 14.6 Å². The number of amides is 1. The fraction of sp³-hybridized carbons (Fsp3) is 0.667. The molecule has 5 heteroatoms. The fourth-order valence-corrected chi connectivity index (χ4v) is 3.89. The summed E-state index contributed by atoms with van der Waals surface area (Å²) in [6, 6.07) is 4.20. The molecule has 4 nitrogen and oxygen atoms in total. The van der Waals surface area contributed by atoms with E-state index in [1.807, 2.05) is 11.4 Å². The zero-order valence-electron chi connectivity index (χ0n) is 11.5. The van der Waals surface area contributed by atoms with Gasteiger partial charge in [-0.3, -0.25) is 4.79 Å². The Morgan fingerprint density at radius 3 is 2.95 bits per heavy atom. The molecule has 20 heavy (non-hydrogen) atoms. The van der Waals surface area contributed by atoms with Crippen LogP contribution in [0, 0.1) is 0 Å². The molecule has 2 atom stereocenters. The van der Waals surface area contributed by atoms with Crippen LogP contribution in [0.2, 0.25) is 0 Å². The minimum atomic E-state index is -1.13. The van der Waals surface area contributed by atoms with Gasteiger partial charge in [0.1, 0.15) is 5.60 Å². The maximum absolute atomic E-state index is 12.2. The summed E-state index contributed by atoms with van der Waals surface area (Å²) in [7, 11) is 0. The Balaban J connectivity index is 1.59. The summed E-state index contributed by atoms with van der Waals surface area (Å²) in [6.45, 7) is 0.659. The van der Waals surface area contributed by atoms with Gasteiger partial charge in [-0.2, -0.15) is 0 Å². The van der Waals surface area contributed by atoms with E-state index in [-0.39, 0.29) is 18.1 Å². The van der Waals surface area contributed by atoms with Gasteiger partial charge in [-0.05, 0) is 50.0 Å². The number of nitrogens with one attached hydrogen (secondary N) is 1. The number of aliphatic hydroxyl groups is 1. The van der Waals surface area contributed by atoms with Crippen LogP contribution in [-0.4, -0.2) is 29.3 Å². The number of carbonyl (C=O) groups excluding carboxylic acids is 1. The zero-order chi connectivity index (χ0) is 14.0. The monoisotopic (exact) mass is 295 g/mol. The molecule has 0 radical (unpaired) electrons. The van der Waals surface area contributed by atoms with E-state index >= 15 is 0 Å². The standard InChI is InChI=1S/C15H21NO3S/c17-14(15(18)6-1-2-7-15)16-11-5-8-19-12(10-11)13-4-3-9-20-13/h3-4,9,11-12,18H,1-2,5-8,10H2,(H,16,17). The number of thiophene rings is 1. The fourth-order valence-electron chi connectivity index (χ4n) is 3.11. The summed E-state index contributed by atoms with van der Waals surface area (Å²) in [5.74, 6) is -0.188. The summed E-state index contributed by atoms with van der Waals surface area (Å²) < 4.78 is 5.78. The van der Waals surface area contributed by atoms with Crippen LogP contribution >= 0.6 is 11.3 Å². The normalized spacial score (nSPS) is 29.2. The maximum Gasteiger partial charge on any atom is 0.252 e. The molecule has 1 aromatic heterocycles. The maximum atomic E-state index is 12.2. The highest BCUT2D eigenvalue weighted by Gasteiger charge is 2.40. The molecule has 1 aromatic rings. The predicted octanol–water partition coefficient (Wildman–Crippen LogP) is 2.39. The zero-order valence-corrected chi connectivity index (χ0v) is 12.3. The first kappa shape index (κ1) is 14.0. The SMILES string of the molecule is O=C(NC1CCOC(c2cccs2)C1)C1(O)CCCC1. The minimum Gasteiger partial charge on any atom is -0.380 e. The van der Waals surface area contributed by atoms with Gasteiger partial charge in [0.2, 0.25) is 0 Å². The third-order valence-corrected chi connectivity index (χ3v) is 5.30. The Labute approximate surface area is 123 Å². The van der Waals surface area contributed by atoms with Crippen molar-refractivity contribution in [3.05, 3.63) is 22.4 Å². The predicted molar refractivity (Wildman–Crippen MR) is 77.6 cm³/mol. The molecule has 2 unspecified atom stereocenters. The minimum absolute atomic E-state index is 0.0762. The lowest BCUT2D eigenvalue weighted by Crippen LogP contribution is -2.50. The lowest BCUT2D eigenvalue weighted by atomic mass is 9.98. The molecule has 1 saturated heterocycles. The van der Waals surface area contributed by atoms with Crippen molar-refractivity contribution >= 4 is 17.2 Å².